The summed E-state index contributed by atoms with van der Waals surface area (Å²) >= 11 is 1.70. The summed E-state index contributed by atoms with van der Waals surface area (Å²) in [4.78, 5) is 17.9. The van der Waals surface area contributed by atoms with Gasteiger partial charge in [-0.05, 0) is 53.1 Å². The number of aromatic nitrogens is 1. The molecule has 1 unspecified atom stereocenters. The number of anilines is 1. The first-order valence-electron chi connectivity index (χ1n) is 13.2. The van der Waals surface area contributed by atoms with Gasteiger partial charge in [0.05, 0.1) is 5.03 Å². The number of unbranched alkanes of at least 4 members (excludes halogenated alkanes) is 2. The summed E-state index contributed by atoms with van der Waals surface area (Å²) in [5.41, 5.74) is 4.15. The zero-order chi connectivity index (χ0) is 26.3. The van der Waals surface area contributed by atoms with Gasteiger partial charge in [-0.3, -0.25) is 4.79 Å². The summed E-state index contributed by atoms with van der Waals surface area (Å²) in [6, 6.07) is 18.4. The topological polar surface area (TPSA) is 60.5 Å². The maximum Gasteiger partial charge on any atom is 0.231 e. The number of rotatable bonds is 11. The van der Waals surface area contributed by atoms with Gasteiger partial charge < -0.3 is 14.8 Å². The lowest BCUT2D eigenvalue weighted by molar-refractivity contribution is -0.116. The van der Waals surface area contributed by atoms with E-state index in [1.807, 2.05) is 36.5 Å². The molecular formula is C31H38N2O3S. The largest absolute Gasteiger partial charge is 0.454 e. The molecule has 1 atom stereocenters. The lowest BCUT2D eigenvalue weighted by Gasteiger charge is -2.25. The van der Waals surface area contributed by atoms with Crippen LogP contribution in [0.2, 0.25) is 0 Å². The number of amides is 1. The molecular weight excluding hydrogens is 480 g/mol. The third kappa shape index (κ3) is 7.29. The second-order valence-electron chi connectivity index (χ2n) is 10.6. The van der Waals surface area contributed by atoms with Crippen LogP contribution in [-0.2, 0) is 16.0 Å². The Morgan fingerprint density at radius 1 is 1.08 bits per heavy atom. The van der Waals surface area contributed by atoms with E-state index in [9.17, 15) is 4.79 Å². The smallest absolute Gasteiger partial charge is 0.231 e. The van der Waals surface area contributed by atoms with Gasteiger partial charge in [-0.1, -0.05) is 77.3 Å². The van der Waals surface area contributed by atoms with Gasteiger partial charge in [0.15, 0.2) is 11.5 Å². The number of hydrogen-bond acceptors (Lipinski definition) is 5. The predicted octanol–water partition coefficient (Wildman–Crippen LogP) is 8.09. The lowest BCUT2D eigenvalue weighted by Crippen LogP contribution is -2.20. The van der Waals surface area contributed by atoms with E-state index in [1.54, 1.807) is 11.8 Å². The third-order valence-corrected chi connectivity index (χ3v) is 7.66. The standard InChI is InChI=1S/C31H38N2O3S/c1-5-6-7-11-23(24-12-10-13-27-30(24)36-21-35-27)19-28(34)33-26-18-22(15-16-25(26)31(2,3)4)20-37-29-14-8-9-17-32-29/h8-10,12-18,23H,5-7,11,19-21H2,1-4H3,(H,33,34). The number of thioether (sulfide) groups is 1. The fourth-order valence-corrected chi connectivity index (χ4v) is 5.54. The molecule has 1 aromatic heterocycles. The van der Waals surface area contributed by atoms with E-state index in [-0.39, 0.29) is 24.0 Å². The van der Waals surface area contributed by atoms with Crippen molar-refractivity contribution in [3.8, 4) is 11.5 Å². The molecule has 0 spiro atoms. The Labute approximate surface area is 225 Å². The number of benzene rings is 2. The van der Waals surface area contributed by atoms with Crippen molar-refractivity contribution >= 4 is 23.4 Å². The lowest BCUT2D eigenvalue weighted by atomic mass is 9.85. The Balaban J connectivity index is 1.53. The van der Waals surface area contributed by atoms with Crippen LogP contribution in [0.4, 0.5) is 5.69 Å². The SMILES string of the molecule is CCCCCC(CC(=O)Nc1cc(CSc2ccccn2)ccc1C(C)(C)C)c1cccc2c1OCO2. The van der Waals surface area contributed by atoms with E-state index in [0.29, 0.717) is 6.42 Å². The fourth-order valence-electron chi connectivity index (χ4n) is 4.74. The maximum atomic E-state index is 13.5. The molecule has 6 heteroatoms. The molecule has 196 valence electrons. The molecule has 0 saturated heterocycles. The van der Waals surface area contributed by atoms with Gasteiger partial charge in [0.1, 0.15) is 0 Å². The van der Waals surface area contributed by atoms with Gasteiger partial charge in [-0.15, -0.1) is 11.8 Å². The Hall–Kier alpha value is -2.99. The number of para-hydroxylation sites is 1. The van der Waals surface area contributed by atoms with Crippen LogP contribution in [0.25, 0.3) is 0 Å². The number of pyridine rings is 1. The van der Waals surface area contributed by atoms with Gasteiger partial charge in [-0.2, -0.15) is 0 Å². The van der Waals surface area contributed by atoms with Crippen LogP contribution in [0.15, 0.2) is 65.8 Å². The van der Waals surface area contributed by atoms with Crippen molar-refractivity contribution < 1.29 is 14.3 Å². The van der Waals surface area contributed by atoms with E-state index in [2.05, 4.69) is 62.3 Å². The molecule has 1 N–H and O–H groups in total. The number of ether oxygens (including phenoxy) is 2. The van der Waals surface area contributed by atoms with Gasteiger partial charge >= 0.3 is 0 Å². The van der Waals surface area contributed by atoms with Crippen LogP contribution in [0.1, 0.15) is 82.4 Å². The Kier molecular flexibility index (Phi) is 9.14. The molecule has 4 rings (SSSR count). The van der Waals surface area contributed by atoms with Crippen LogP contribution in [0, 0.1) is 0 Å². The normalized spacial score (nSPS) is 13.4. The highest BCUT2D eigenvalue weighted by Crippen LogP contribution is 2.42. The van der Waals surface area contributed by atoms with Gasteiger partial charge in [0.25, 0.3) is 0 Å². The highest BCUT2D eigenvalue weighted by atomic mass is 32.2. The molecule has 0 radical (unpaired) electrons. The Bertz CT molecular complexity index is 1190. The molecule has 0 aliphatic carbocycles. The second kappa shape index (κ2) is 12.5. The minimum Gasteiger partial charge on any atom is -0.454 e. The summed E-state index contributed by atoms with van der Waals surface area (Å²) in [6.07, 6.45) is 6.52. The van der Waals surface area contributed by atoms with Crippen LogP contribution in [0.3, 0.4) is 0 Å². The fraction of sp³-hybridized carbons (Fsp3) is 0.419. The molecule has 37 heavy (non-hydrogen) atoms. The average Bonchev–Trinajstić information content (AvgIpc) is 3.36. The molecule has 2 aromatic carbocycles. The first-order valence-corrected chi connectivity index (χ1v) is 14.2. The number of nitrogens with zero attached hydrogens (tertiary/aromatic N) is 1. The van der Waals surface area contributed by atoms with Crippen LogP contribution < -0.4 is 14.8 Å². The minimum atomic E-state index is -0.0960. The van der Waals surface area contributed by atoms with Crippen LogP contribution >= 0.6 is 11.8 Å². The van der Waals surface area contributed by atoms with Crippen LogP contribution in [0.5, 0.6) is 11.5 Å². The second-order valence-corrected chi connectivity index (χ2v) is 11.6. The zero-order valence-corrected chi connectivity index (χ0v) is 23.2. The zero-order valence-electron chi connectivity index (χ0n) is 22.4. The van der Waals surface area contributed by atoms with Crippen molar-refractivity contribution in [1.29, 1.82) is 0 Å². The van der Waals surface area contributed by atoms with E-state index in [4.69, 9.17) is 9.47 Å². The molecule has 1 amide bonds. The Morgan fingerprint density at radius 3 is 2.70 bits per heavy atom. The average molecular weight is 519 g/mol. The molecule has 0 bridgehead atoms. The summed E-state index contributed by atoms with van der Waals surface area (Å²) in [5.74, 6) is 2.45. The van der Waals surface area contributed by atoms with Crippen molar-refractivity contribution in [3.63, 3.8) is 0 Å². The molecule has 5 nitrogen and oxygen atoms in total. The van der Waals surface area contributed by atoms with E-state index < -0.39 is 0 Å². The monoisotopic (exact) mass is 518 g/mol. The number of nitrogens with one attached hydrogen (secondary N) is 1. The highest BCUT2D eigenvalue weighted by molar-refractivity contribution is 7.98. The summed E-state index contributed by atoms with van der Waals surface area (Å²) in [7, 11) is 0. The predicted molar refractivity (Wildman–Crippen MR) is 152 cm³/mol. The molecule has 3 aromatic rings. The molecule has 1 aliphatic rings. The van der Waals surface area contributed by atoms with Crippen molar-refractivity contribution in [3.05, 3.63) is 77.5 Å². The third-order valence-electron chi connectivity index (χ3n) is 6.65. The molecule has 0 fully saturated rings. The van der Waals surface area contributed by atoms with Crippen molar-refractivity contribution in [1.82, 2.24) is 4.98 Å². The minimum absolute atomic E-state index is 0.0260. The van der Waals surface area contributed by atoms with E-state index in [0.717, 1.165) is 70.3 Å². The number of fused-ring (bicyclic) bond motifs is 1. The van der Waals surface area contributed by atoms with E-state index >= 15 is 0 Å². The first kappa shape index (κ1) is 27.1. The van der Waals surface area contributed by atoms with E-state index in [1.165, 1.54) is 0 Å². The summed E-state index contributed by atoms with van der Waals surface area (Å²) in [5, 5.41) is 4.27. The van der Waals surface area contributed by atoms with Gasteiger partial charge in [0, 0.05) is 29.6 Å². The van der Waals surface area contributed by atoms with Gasteiger partial charge in [-0.25, -0.2) is 4.98 Å². The quantitative estimate of drug-likeness (QED) is 0.205. The summed E-state index contributed by atoms with van der Waals surface area (Å²) in [6.45, 7) is 8.97. The molecule has 2 heterocycles. The first-order chi connectivity index (χ1) is 17.8. The van der Waals surface area contributed by atoms with Crippen LogP contribution in [-0.4, -0.2) is 17.7 Å². The van der Waals surface area contributed by atoms with Gasteiger partial charge in [0.2, 0.25) is 12.7 Å². The van der Waals surface area contributed by atoms with Crippen molar-refractivity contribution in [2.75, 3.05) is 12.1 Å². The van der Waals surface area contributed by atoms with Crippen molar-refractivity contribution in [2.24, 2.45) is 0 Å². The number of carbonyl (C=O) groups is 1. The maximum absolute atomic E-state index is 13.5. The van der Waals surface area contributed by atoms with Crippen molar-refractivity contribution in [2.45, 2.75) is 81.9 Å². The Morgan fingerprint density at radius 2 is 1.95 bits per heavy atom. The summed E-state index contributed by atoms with van der Waals surface area (Å²) < 4.78 is 11.4. The highest BCUT2D eigenvalue weighted by Gasteiger charge is 2.26. The molecule has 1 aliphatic heterocycles. The number of carbonyl (C=O) groups excluding carboxylic acids is 1. The number of hydrogen-bond donors (Lipinski definition) is 1. The molecule has 0 saturated carbocycles.